The van der Waals surface area contributed by atoms with Crippen LogP contribution in [0.3, 0.4) is 0 Å². The summed E-state index contributed by atoms with van der Waals surface area (Å²) in [6, 6.07) is 0. The number of amides is 1. The zero-order valence-electron chi connectivity index (χ0n) is 11.4. The van der Waals surface area contributed by atoms with Crippen molar-refractivity contribution < 1.29 is 19.4 Å². The first-order chi connectivity index (χ1) is 8.95. The van der Waals surface area contributed by atoms with E-state index in [1.54, 1.807) is 11.8 Å². The first kappa shape index (κ1) is 15.3. The van der Waals surface area contributed by atoms with Crippen LogP contribution in [0, 0.1) is 0 Å². The lowest BCUT2D eigenvalue weighted by molar-refractivity contribution is -0.132. The van der Waals surface area contributed by atoms with E-state index in [1.165, 1.54) is 0 Å². The van der Waals surface area contributed by atoms with Gasteiger partial charge < -0.3 is 25.4 Å². The van der Waals surface area contributed by atoms with Crippen LogP contribution < -0.4 is 5.73 Å². The number of hydrogen-bond donors (Lipinski definition) is 2. The molecule has 0 atom stereocenters. The van der Waals surface area contributed by atoms with Gasteiger partial charge in [-0.15, -0.1) is 0 Å². The van der Waals surface area contributed by atoms with Crippen LogP contribution in [0.1, 0.15) is 13.3 Å². The molecule has 0 aromatic carbocycles. The summed E-state index contributed by atoms with van der Waals surface area (Å²) >= 11 is 0. The van der Waals surface area contributed by atoms with Crippen LogP contribution in [0.2, 0.25) is 0 Å². The quantitative estimate of drug-likeness (QED) is 0.703. The molecule has 0 aromatic heterocycles. The van der Waals surface area contributed by atoms with E-state index >= 15 is 0 Å². The summed E-state index contributed by atoms with van der Waals surface area (Å²) in [7, 11) is 1.99. The molecular formula is C12H21N3O4. The molecule has 0 bridgehead atoms. The van der Waals surface area contributed by atoms with Gasteiger partial charge in [-0.1, -0.05) is 6.92 Å². The van der Waals surface area contributed by atoms with Gasteiger partial charge in [-0.2, -0.15) is 0 Å². The Labute approximate surface area is 112 Å². The second kappa shape index (κ2) is 6.98. The Bertz CT molecular complexity index is 373. The lowest BCUT2D eigenvalue weighted by atomic mass is 10.1. The molecule has 0 aliphatic carbocycles. The molecule has 1 rings (SSSR count). The SMILES string of the molecule is CCC(C(=O)O)=C(N)COC(=O)N1CCN(C)CC1. The third-order valence-electron chi connectivity index (χ3n) is 3.11. The Kier molecular flexibility index (Phi) is 5.62. The molecule has 0 spiro atoms. The highest BCUT2D eigenvalue weighted by Crippen LogP contribution is 2.07. The van der Waals surface area contributed by atoms with E-state index in [0.717, 1.165) is 13.1 Å². The number of carbonyl (C=O) groups is 2. The first-order valence-corrected chi connectivity index (χ1v) is 6.26. The molecule has 1 aliphatic heterocycles. The number of piperazine rings is 1. The number of carboxylic acids is 1. The molecule has 19 heavy (non-hydrogen) atoms. The Morgan fingerprint density at radius 2 is 1.84 bits per heavy atom. The molecule has 1 fully saturated rings. The molecule has 1 amide bonds. The lowest BCUT2D eigenvalue weighted by Gasteiger charge is -2.31. The summed E-state index contributed by atoms with van der Waals surface area (Å²) in [4.78, 5) is 26.3. The third-order valence-corrected chi connectivity index (χ3v) is 3.11. The summed E-state index contributed by atoms with van der Waals surface area (Å²) in [5.41, 5.74) is 5.81. The topological polar surface area (TPSA) is 96.1 Å². The van der Waals surface area contributed by atoms with Crippen LogP contribution in [-0.2, 0) is 9.53 Å². The number of aliphatic carboxylic acids is 1. The molecule has 1 saturated heterocycles. The second-order valence-electron chi connectivity index (χ2n) is 4.51. The van der Waals surface area contributed by atoms with E-state index in [-0.39, 0.29) is 17.9 Å². The van der Waals surface area contributed by atoms with Crippen LogP contribution in [0.5, 0.6) is 0 Å². The van der Waals surface area contributed by atoms with Crippen molar-refractivity contribution in [3.8, 4) is 0 Å². The highest BCUT2D eigenvalue weighted by Gasteiger charge is 2.20. The predicted molar refractivity (Wildman–Crippen MR) is 69.6 cm³/mol. The number of carboxylic acid groups (broad SMARTS) is 1. The number of rotatable bonds is 4. The minimum atomic E-state index is -1.07. The molecule has 0 unspecified atom stereocenters. The van der Waals surface area contributed by atoms with Crippen LogP contribution >= 0.6 is 0 Å². The van der Waals surface area contributed by atoms with Crippen molar-refractivity contribution in [3.05, 3.63) is 11.3 Å². The molecule has 0 saturated carbocycles. The van der Waals surface area contributed by atoms with Gasteiger partial charge in [0.1, 0.15) is 6.61 Å². The minimum Gasteiger partial charge on any atom is -0.478 e. The maximum absolute atomic E-state index is 11.7. The fraction of sp³-hybridized carbons (Fsp3) is 0.667. The highest BCUT2D eigenvalue weighted by atomic mass is 16.6. The first-order valence-electron chi connectivity index (χ1n) is 6.26. The molecule has 0 radical (unpaired) electrons. The van der Waals surface area contributed by atoms with Gasteiger partial charge in [-0.3, -0.25) is 0 Å². The van der Waals surface area contributed by atoms with E-state index in [4.69, 9.17) is 15.6 Å². The maximum atomic E-state index is 11.7. The number of likely N-dealkylation sites (N-methyl/N-ethyl adjacent to an activating group) is 1. The second-order valence-corrected chi connectivity index (χ2v) is 4.51. The van der Waals surface area contributed by atoms with Gasteiger partial charge in [0, 0.05) is 26.2 Å². The zero-order chi connectivity index (χ0) is 14.4. The van der Waals surface area contributed by atoms with Crippen molar-refractivity contribution in [3.63, 3.8) is 0 Å². The summed E-state index contributed by atoms with van der Waals surface area (Å²) in [5, 5.41) is 8.89. The van der Waals surface area contributed by atoms with Gasteiger partial charge in [0.05, 0.1) is 11.3 Å². The van der Waals surface area contributed by atoms with E-state index in [9.17, 15) is 9.59 Å². The normalized spacial score (nSPS) is 17.9. The van der Waals surface area contributed by atoms with E-state index in [0.29, 0.717) is 19.5 Å². The molecule has 0 aromatic rings. The standard InChI is InChI=1S/C12H21N3O4/c1-3-9(11(16)17)10(13)8-19-12(18)15-6-4-14(2)5-7-15/h3-8,13H2,1-2H3,(H,16,17). The van der Waals surface area contributed by atoms with E-state index in [2.05, 4.69) is 4.90 Å². The summed E-state index contributed by atoms with van der Waals surface area (Å²) < 4.78 is 5.03. The number of hydrogen-bond acceptors (Lipinski definition) is 5. The van der Waals surface area contributed by atoms with Crippen LogP contribution in [0.4, 0.5) is 4.79 Å². The molecule has 1 aliphatic rings. The average molecular weight is 271 g/mol. The van der Waals surface area contributed by atoms with Crippen LogP contribution in [0.25, 0.3) is 0 Å². The fourth-order valence-corrected chi connectivity index (χ4v) is 1.82. The fourth-order valence-electron chi connectivity index (χ4n) is 1.82. The third kappa shape index (κ3) is 4.44. The van der Waals surface area contributed by atoms with Crippen molar-refractivity contribution in [2.24, 2.45) is 5.73 Å². The van der Waals surface area contributed by atoms with E-state index < -0.39 is 12.1 Å². The summed E-state index contributed by atoms with van der Waals surface area (Å²) in [6.45, 7) is 4.34. The van der Waals surface area contributed by atoms with E-state index in [1.807, 2.05) is 7.05 Å². The zero-order valence-corrected chi connectivity index (χ0v) is 11.4. The Morgan fingerprint density at radius 3 is 2.32 bits per heavy atom. The minimum absolute atomic E-state index is 0.0891. The molecule has 108 valence electrons. The van der Waals surface area contributed by atoms with Gasteiger partial charge in [0.25, 0.3) is 0 Å². The van der Waals surface area contributed by atoms with Gasteiger partial charge in [-0.05, 0) is 13.5 Å². The van der Waals surface area contributed by atoms with Gasteiger partial charge in [0.2, 0.25) is 0 Å². The van der Waals surface area contributed by atoms with Crippen molar-refractivity contribution >= 4 is 12.1 Å². The maximum Gasteiger partial charge on any atom is 0.410 e. The number of nitrogens with zero attached hydrogens (tertiary/aromatic N) is 2. The smallest absolute Gasteiger partial charge is 0.410 e. The molecule has 7 nitrogen and oxygen atoms in total. The van der Waals surface area contributed by atoms with Gasteiger partial charge >= 0.3 is 12.1 Å². The number of ether oxygens (including phenoxy) is 1. The van der Waals surface area contributed by atoms with Crippen molar-refractivity contribution in [1.82, 2.24) is 9.80 Å². The molecule has 7 heteroatoms. The molecule has 1 heterocycles. The van der Waals surface area contributed by atoms with Gasteiger partial charge in [0.15, 0.2) is 0 Å². The Morgan fingerprint density at radius 1 is 1.26 bits per heavy atom. The highest BCUT2D eigenvalue weighted by molar-refractivity contribution is 5.87. The molecule has 3 N–H and O–H groups in total. The largest absolute Gasteiger partial charge is 0.478 e. The number of carbonyl (C=O) groups excluding carboxylic acids is 1. The summed E-state index contributed by atoms with van der Waals surface area (Å²) in [5.74, 6) is -1.07. The van der Waals surface area contributed by atoms with Crippen molar-refractivity contribution in [2.45, 2.75) is 13.3 Å². The summed E-state index contributed by atoms with van der Waals surface area (Å²) in [6.07, 6.45) is -0.148. The van der Waals surface area contributed by atoms with Crippen LogP contribution in [-0.4, -0.2) is 66.8 Å². The molecular weight excluding hydrogens is 250 g/mol. The Hall–Kier alpha value is -1.76. The Balaban J connectivity index is 2.48. The number of nitrogens with two attached hydrogens (primary N) is 1. The van der Waals surface area contributed by atoms with Crippen LogP contribution in [0.15, 0.2) is 11.3 Å². The average Bonchev–Trinajstić information content (AvgIpc) is 2.37. The lowest BCUT2D eigenvalue weighted by Crippen LogP contribution is -2.47. The van der Waals surface area contributed by atoms with Gasteiger partial charge in [-0.25, -0.2) is 9.59 Å². The predicted octanol–water partition coefficient (Wildman–Crippen LogP) is 0.0778. The monoisotopic (exact) mass is 271 g/mol. The van der Waals surface area contributed by atoms with Crippen molar-refractivity contribution in [1.29, 1.82) is 0 Å². The van der Waals surface area contributed by atoms with Crippen molar-refractivity contribution in [2.75, 3.05) is 39.8 Å².